The maximum absolute atomic E-state index is 12.1. The SMILES string of the molecule is COc1ccc([C@H](N)C(F)F)cc1. The van der Waals surface area contributed by atoms with Gasteiger partial charge in [-0.15, -0.1) is 0 Å². The number of alkyl halides is 2. The minimum Gasteiger partial charge on any atom is -0.497 e. The molecule has 72 valence electrons. The van der Waals surface area contributed by atoms with Crippen LogP contribution in [-0.4, -0.2) is 13.5 Å². The summed E-state index contributed by atoms with van der Waals surface area (Å²) in [5.41, 5.74) is 5.65. The van der Waals surface area contributed by atoms with Gasteiger partial charge in [-0.2, -0.15) is 0 Å². The highest BCUT2D eigenvalue weighted by Crippen LogP contribution is 2.20. The Hall–Kier alpha value is -1.16. The summed E-state index contributed by atoms with van der Waals surface area (Å²) in [5.74, 6) is 0.630. The van der Waals surface area contributed by atoms with Gasteiger partial charge in [-0.1, -0.05) is 12.1 Å². The second kappa shape index (κ2) is 4.18. The fraction of sp³-hybridized carbons (Fsp3) is 0.333. The fourth-order valence-electron chi connectivity index (χ4n) is 0.972. The Kier molecular flexibility index (Phi) is 3.19. The van der Waals surface area contributed by atoms with Gasteiger partial charge in [0.05, 0.1) is 13.2 Å². The number of halogens is 2. The van der Waals surface area contributed by atoms with Gasteiger partial charge in [-0.25, -0.2) is 8.78 Å². The van der Waals surface area contributed by atoms with Crippen LogP contribution in [0.2, 0.25) is 0 Å². The van der Waals surface area contributed by atoms with Crippen LogP contribution in [0, 0.1) is 0 Å². The summed E-state index contributed by atoms with van der Waals surface area (Å²) in [6.07, 6.45) is -2.53. The molecule has 4 heteroatoms. The molecule has 0 aliphatic carbocycles. The Morgan fingerprint density at radius 2 is 1.77 bits per heavy atom. The van der Waals surface area contributed by atoms with Crippen molar-refractivity contribution in [3.8, 4) is 5.75 Å². The van der Waals surface area contributed by atoms with Crippen molar-refractivity contribution in [1.82, 2.24) is 0 Å². The summed E-state index contributed by atoms with van der Waals surface area (Å²) in [7, 11) is 1.52. The lowest BCUT2D eigenvalue weighted by Crippen LogP contribution is -2.18. The highest BCUT2D eigenvalue weighted by molar-refractivity contribution is 5.29. The van der Waals surface area contributed by atoms with Gasteiger partial charge in [0.1, 0.15) is 5.75 Å². The van der Waals surface area contributed by atoms with Gasteiger partial charge in [-0.05, 0) is 17.7 Å². The summed E-state index contributed by atoms with van der Waals surface area (Å²) in [5, 5.41) is 0. The summed E-state index contributed by atoms with van der Waals surface area (Å²) in [4.78, 5) is 0. The third-order valence-corrected chi connectivity index (χ3v) is 1.77. The topological polar surface area (TPSA) is 35.2 Å². The van der Waals surface area contributed by atoms with E-state index >= 15 is 0 Å². The zero-order chi connectivity index (χ0) is 9.84. The van der Waals surface area contributed by atoms with Crippen molar-refractivity contribution < 1.29 is 13.5 Å². The molecule has 13 heavy (non-hydrogen) atoms. The maximum Gasteiger partial charge on any atom is 0.257 e. The average Bonchev–Trinajstić information content (AvgIpc) is 2.17. The molecule has 0 radical (unpaired) electrons. The molecule has 2 N–H and O–H groups in total. The first kappa shape index (κ1) is 9.92. The quantitative estimate of drug-likeness (QED) is 0.785. The van der Waals surface area contributed by atoms with Crippen molar-refractivity contribution >= 4 is 0 Å². The van der Waals surface area contributed by atoms with Crippen molar-refractivity contribution in [3.63, 3.8) is 0 Å². The number of rotatable bonds is 3. The highest BCUT2D eigenvalue weighted by atomic mass is 19.3. The van der Waals surface area contributed by atoms with E-state index in [1.54, 1.807) is 12.1 Å². The predicted octanol–water partition coefficient (Wildman–Crippen LogP) is 1.96. The molecule has 0 fully saturated rings. The zero-order valence-electron chi connectivity index (χ0n) is 7.21. The van der Waals surface area contributed by atoms with Crippen LogP contribution in [0.25, 0.3) is 0 Å². The van der Waals surface area contributed by atoms with Gasteiger partial charge in [0.2, 0.25) is 0 Å². The van der Waals surface area contributed by atoms with E-state index in [0.29, 0.717) is 11.3 Å². The van der Waals surface area contributed by atoms with Crippen LogP contribution in [0.15, 0.2) is 24.3 Å². The molecule has 0 amide bonds. The van der Waals surface area contributed by atoms with Gasteiger partial charge >= 0.3 is 0 Å². The van der Waals surface area contributed by atoms with E-state index in [-0.39, 0.29) is 0 Å². The molecule has 0 bridgehead atoms. The number of nitrogens with two attached hydrogens (primary N) is 1. The van der Waals surface area contributed by atoms with Gasteiger partial charge in [0.15, 0.2) is 0 Å². The molecule has 0 saturated heterocycles. The molecule has 1 aromatic rings. The first-order chi connectivity index (χ1) is 6.15. The van der Waals surface area contributed by atoms with E-state index in [2.05, 4.69) is 0 Å². The molecule has 2 nitrogen and oxygen atoms in total. The van der Waals surface area contributed by atoms with E-state index in [9.17, 15) is 8.78 Å². The Balaban J connectivity index is 2.79. The Labute approximate surface area is 75.3 Å². The molecule has 0 aliphatic rings. The monoisotopic (exact) mass is 187 g/mol. The fourth-order valence-corrected chi connectivity index (χ4v) is 0.972. The number of hydrogen-bond acceptors (Lipinski definition) is 2. The second-order valence-corrected chi connectivity index (χ2v) is 2.63. The van der Waals surface area contributed by atoms with Gasteiger partial charge in [0, 0.05) is 0 Å². The average molecular weight is 187 g/mol. The van der Waals surface area contributed by atoms with Crippen molar-refractivity contribution in [2.24, 2.45) is 5.73 Å². The smallest absolute Gasteiger partial charge is 0.257 e. The van der Waals surface area contributed by atoms with Crippen LogP contribution in [0.5, 0.6) is 5.75 Å². The number of benzene rings is 1. The lowest BCUT2D eigenvalue weighted by Gasteiger charge is -2.10. The highest BCUT2D eigenvalue weighted by Gasteiger charge is 2.16. The molecule has 0 heterocycles. The minimum absolute atomic E-state index is 0.413. The van der Waals surface area contributed by atoms with Crippen molar-refractivity contribution in [3.05, 3.63) is 29.8 Å². The van der Waals surface area contributed by atoms with E-state index in [0.717, 1.165) is 0 Å². The standard InChI is InChI=1S/C9H11F2NO/c1-13-7-4-2-6(3-5-7)8(12)9(10)11/h2-5,8-9H,12H2,1H3/t8-/m0/s1. The Morgan fingerprint density at radius 3 is 2.15 bits per heavy atom. The molecule has 0 unspecified atom stereocenters. The van der Waals surface area contributed by atoms with Crippen molar-refractivity contribution in [2.45, 2.75) is 12.5 Å². The summed E-state index contributed by atoms with van der Waals surface area (Å²) in [6.45, 7) is 0. The normalized spacial score (nSPS) is 13.0. The summed E-state index contributed by atoms with van der Waals surface area (Å²) in [6, 6.07) is 5.08. The molecule has 1 rings (SSSR count). The lowest BCUT2D eigenvalue weighted by molar-refractivity contribution is 0.116. The third-order valence-electron chi connectivity index (χ3n) is 1.77. The Bertz CT molecular complexity index is 261. The van der Waals surface area contributed by atoms with Crippen molar-refractivity contribution in [1.29, 1.82) is 0 Å². The molecule has 0 saturated carbocycles. The Morgan fingerprint density at radius 1 is 1.23 bits per heavy atom. The molecular formula is C9H11F2NO. The summed E-state index contributed by atoms with van der Waals surface area (Å²) < 4.78 is 29.2. The number of ether oxygens (including phenoxy) is 1. The van der Waals surface area contributed by atoms with Crippen LogP contribution in [0.3, 0.4) is 0 Å². The third kappa shape index (κ3) is 2.39. The van der Waals surface area contributed by atoms with Crippen molar-refractivity contribution in [2.75, 3.05) is 7.11 Å². The van der Waals surface area contributed by atoms with Gasteiger partial charge in [0.25, 0.3) is 6.43 Å². The minimum atomic E-state index is -2.53. The zero-order valence-corrected chi connectivity index (χ0v) is 7.21. The lowest BCUT2D eigenvalue weighted by atomic mass is 10.1. The molecule has 1 atom stereocenters. The number of methoxy groups -OCH3 is 1. The van der Waals surface area contributed by atoms with E-state index in [1.165, 1.54) is 19.2 Å². The molecule has 1 aromatic carbocycles. The molecule has 0 spiro atoms. The molecular weight excluding hydrogens is 176 g/mol. The van der Waals surface area contributed by atoms with Crippen LogP contribution >= 0.6 is 0 Å². The van der Waals surface area contributed by atoms with Crippen LogP contribution < -0.4 is 10.5 Å². The van der Waals surface area contributed by atoms with E-state index < -0.39 is 12.5 Å². The van der Waals surface area contributed by atoms with E-state index in [1.807, 2.05) is 0 Å². The predicted molar refractivity (Wildman–Crippen MR) is 45.9 cm³/mol. The second-order valence-electron chi connectivity index (χ2n) is 2.63. The largest absolute Gasteiger partial charge is 0.497 e. The first-order valence-corrected chi connectivity index (χ1v) is 3.83. The van der Waals surface area contributed by atoms with Crippen LogP contribution in [-0.2, 0) is 0 Å². The maximum atomic E-state index is 12.1. The molecule has 0 aliphatic heterocycles. The summed E-state index contributed by atoms with van der Waals surface area (Å²) >= 11 is 0. The van der Waals surface area contributed by atoms with Crippen LogP contribution in [0.1, 0.15) is 11.6 Å². The van der Waals surface area contributed by atoms with Crippen LogP contribution in [0.4, 0.5) is 8.78 Å². The number of hydrogen-bond donors (Lipinski definition) is 1. The van der Waals surface area contributed by atoms with Gasteiger partial charge < -0.3 is 10.5 Å². The molecule has 0 aromatic heterocycles. The van der Waals surface area contributed by atoms with Gasteiger partial charge in [-0.3, -0.25) is 0 Å². The first-order valence-electron chi connectivity index (χ1n) is 3.83. The van der Waals surface area contributed by atoms with E-state index in [4.69, 9.17) is 10.5 Å².